The first kappa shape index (κ1) is 18.7. The molecule has 4 aromatic rings. The van der Waals surface area contributed by atoms with Crippen LogP contribution in [0.5, 0.6) is 11.5 Å². The van der Waals surface area contributed by atoms with Gasteiger partial charge in [-0.25, -0.2) is 4.98 Å². The monoisotopic (exact) mass is 403 g/mol. The third-order valence-electron chi connectivity index (χ3n) is 5.54. The van der Waals surface area contributed by atoms with E-state index < -0.39 is 0 Å². The van der Waals surface area contributed by atoms with E-state index in [1.54, 1.807) is 12.4 Å². The Hall–Kier alpha value is -3.35. The smallest absolute Gasteiger partial charge is 0.295 e. The molecule has 3 aromatic heterocycles. The van der Waals surface area contributed by atoms with E-state index in [1.807, 2.05) is 37.3 Å². The Morgan fingerprint density at radius 2 is 1.97 bits per heavy atom. The van der Waals surface area contributed by atoms with Crippen molar-refractivity contribution in [2.45, 2.75) is 39.0 Å². The van der Waals surface area contributed by atoms with Crippen molar-refractivity contribution < 1.29 is 9.15 Å². The lowest BCUT2D eigenvalue weighted by atomic mass is 9.89. The normalized spacial score (nSPS) is 14.8. The number of aryl methyl sites for hydroxylation is 1. The van der Waals surface area contributed by atoms with Crippen LogP contribution >= 0.6 is 0 Å². The van der Waals surface area contributed by atoms with E-state index in [4.69, 9.17) is 9.15 Å². The minimum Gasteiger partial charge on any atom is -0.457 e. The first-order chi connectivity index (χ1) is 14.7. The number of rotatable bonds is 6. The lowest BCUT2D eigenvalue weighted by Gasteiger charge is -2.21. The summed E-state index contributed by atoms with van der Waals surface area (Å²) in [7, 11) is 0. The van der Waals surface area contributed by atoms with Crippen molar-refractivity contribution in [3.05, 3.63) is 48.4 Å². The molecule has 0 atom stereocenters. The maximum Gasteiger partial charge on any atom is 0.295 e. The number of ether oxygens (including phenoxy) is 1. The number of fused-ring (bicyclic) bond motifs is 1. The molecule has 154 valence electrons. The number of H-pyrrole nitrogens is 1. The van der Waals surface area contributed by atoms with Crippen molar-refractivity contribution in [1.82, 2.24) is 19.9 Å². The lowest BCUT2D eigenvalue weighted by molar-refractivity contribution is 0.371. The van der Waals surface area contributed by atoms with E-state index in [0.717, 1.165) is 29.3 Å². The predicted molar refractivity (Wildman–Crippen MR) is 116 cm³/mol. The number of nitrogens with one attached hydrogen (secondary N) is 2. The zero-order valence-corrected chi connectivity index (χ0v) is 17.0. The van der Waals surface area contributed by atoms with Crippen LogP contribution in [0, 0.1) is 12.8 Å². The van der Waals surface area contributed by atoms with E-state index in [0.29, 0.717) is 29.0 Å². The molecule has 0 spiro atoms. The van der Waals surface area contributed by atoms with Crippen LogP contribution < -0.4 is 10.1 Å². The van der Waals surface area contributed by atoms with Crippen LogP contribution in [0.2, 0.25) is 0 Å². The molecule has 0 unspecified atom stereocenters. The summed E-state index contributed by atoms with van der Waals surface area (Å²) in [5, 5.41) is 3.36. The van der Waals surface area contributed by atoms with Gasteiger partial charge < -0.3 is 19.5 Å². The van der Waals surface area contributed by atoms with Gasteiger partial charge >= 0.3 is 0 Å². The van der Waals surface area contributed by atoms with Gasteiger partial charge in [0, 0.05) is 36.8 Å². The highest BCUT2D eigenvalue weighted by molar-refractivity contribution is 5.76. The molecule has 1 aliphatic carbocycles. The molecule has 1 aromatic carbocycles. The number of hydrogen-bond donors (Lipinski definition) is 2. The zero-order valence-electron chi connectivity index (χ0n) is 17.0. The van der Waals surface area contributed by atoms with Crippen LogP contribution in [0.4, 0.5) is 6.01 Å². The van der Waals surface area contributed by atoms with Crippen molar-refractivity contribution >= 4 is 17.1 Å². The van der Waals surface area contributed by atoms with E-state index in [2.05, 4.69) is 25.3 Å². The Balaban J connectivity index is 1.29. The highest BCUT2D eigenvalue weighted by Crippen LogP contribution is 2.29. The third kappa shape index (κ3) is 4.15. The van der Waals surface area contributed by atoms with Gasteiger partial charge in [-0.15, -0.1) is 0 Å². The molecule has 1 aliphatic rings. The topological polar surface area (TPSA) is 88.9 Å². The van der Waals surface area contributed by atoms with Gasteiger partial charge in [-0.3, -0.25) is 4.98 Å². The second-order valence-electron chi connectivity index (χ2n) is 7.93. The van der Waals surface area contributed by atoms with Crippen molar-refractivity contribution in [3.8, 4) is 23.0 Å². The zero-order chi connectivity index (χ0) is 20.3. The highest BCUT2D eigenvalue weighted by atomic mass is 16.5. The largest absolute Gasteiger partial charge is 0.457 e. The number of aromatic amines is 1. The first-order valence-electron chi connectivity index (χ1n) is 10.5. The summed E-state index contributed by atoms with van der Waals surface area (Å²) in [6, 6.07) is 9.93. The Labute approximate surface area is 174 Å². The molecule has 0 bridgehead atoms. The molecule has 1 saturated carbocycles. The molecule has 5 rings (SSSR count). The van der Waals surface area contributed by atoms with Crippen LogP contribution in [0.1, 0.15) is 37.8 Å². The van der Waals surface area contributed by atoms with Gasteiger partial charge in [-0.1, -0.05) is 19.3 Å². The second-order valence-corrected chi connectivity index (χ2v) is 7.93. The molecule has 7 nitrogen and oxygen atoms in total. The average molecular weight is 403 g/mol. The standard InChI is InChI=1S/C23H25N5O2/c1-15-13-25-22(27-15)20-11-18(9-10-24-20)29-17-7-8-19-21(12-17)30-23(28-19)26-14-16-5-3-2-4-6-16/h7-13,16H,2-6,14H2,1H3,(H,25,27)(H,26,28). The fourth-order valence-corrected chi connectivity index (χ4v) is 3.95. The molecule has 7 heteroatoms. The van der Waals surface area contributed by atoms with Crippen LogP contribution in [0.15, 0.2) is 47.1 Å². The number of nitrogens with zero attached hydrogens (tertiary/aromatic N) is 3. The molecule has 2 N–H and O–H groups in total. The van der Waals surface area contributed by atoms with Gasteiger partial charge in [0.15, 0.2) is 11.4 Å². The fraction of sp³-hybridized carbons (Fsp3) is 0.348. The molecule has 0 aliphatic heterocycles. The summed E-state index contributed by atoms with van der Waals surface area (Å²) in [6.45, 7) is 2.88. The molecule has 0 amide bonds. The van der Waals surface area contributed by atoms with Gasteiger partial charge in [0.2, 0.25) is 0 Å². The number of imidazole rings is 1. The lowest BCUT2D eigenvalue weighted by Crippen LogP contribution is -2.17. The summed E-state index contributed by atoms with van der Waals surface area (Å²) in [5.74, 6) is 2.80. The van der Waals surface area contributed by atoms with E-state index in [9.17, 15) is 0 Å². The summed E-state index contributed by atoms with van der Waals surface area (Å²) in [6.07, 6.45) is 10.1. The highest BCUT2D eigenvalue weighted by Gasteiger charge is 2.15. The maximum atomic E-state index is 6.03. The van der Waals surface area contributed by atoms with E-state index in [-0.39, 0.29) is 0 Å². The average Bonchev–Trinajstić information content (AvgIpc) is 3.39. The molecule has 30 heavy (non-hydrogen) atoms. The van der Waals surface area contributed by atoms with Gasteiger partial charge in [-0.2, -0.15) is 4.98 Å². The maximum absolute atomic E-state index is 6.03. The fourth-order valence-electron chi connectivity index (χ4n) is 3.95. The second kappa shape index (κ2) is 8.18. The minimum atomic E-state index is 0.576. The van der Waals surface area contributed by atoms with Crippen molar-refractivity contribution in [2.24, 2.45) is 5.92 Å². The number of anilines is 1. The summed E-state index contributed by atoms with van der Waals surface area (Å²) in [5.41, 5.74) is 3.24. The SMILES string of the molecule is Cc1cnc(-c2cc(Oc3ccc4nc(NCC5CCCCC5)oc4c3)ccn2)[nH]1. The molecule has 1 fully saturated rings. The van der Waals surface area contributed by atoms with E-state index >= 15 is 0 Å². The van der Waals surface area contributed by atoms with Gasteiger partial charge in [-0.05, 0) is 43.9 Å². The summed E-state index contributed by atoms with van der Waals surface area (Å²) < 4.78 is 11.9. The van der Waals surface area contributed by atoms with Crippen molar-refractivity contribution in [1.29, 1.82) is 0 Å². The van der Waals surface area contributed by atoms with Gasteiger partial charge in [0.1, 0.15) is 22.7 Å². The van der Waals surface area contributed by atoms with Crippen LogP contribution in [0.3, 0.4) is 0 Å². The number of aromatic nitrogens is 4. The molecule has 0 saturated heterocycles. The minimum absolute atomic E-state index is 0.576. The Morgan fingerprint density at radius 3 is 2.80 bits per heavy atom. The van der Waals surface area contributed by atoms with Gasteiger partial charge in [0.25, 0.3) is 6.01 Å². The quantitative estimate of drug-likeness (QED) is 0.429. The van der Waals surface area contributed by atoms with Crippen molar-refractivity contribution in [2.75, 3.05) is 11.9 Å². The number of hydrogen-bond acceptors (Lipinski definition) is 6. The number of oxazole rings is 1. The Bertz CT molecular complexity index is 1140. The van der Waals surface area contributed by atoms with Crippen molar-refractivity contribution in [3.63, 3.8) is 0 Å². The van der Waals surface area contributed by atoms with Crippen LogP contribution in [-0.2, 0) is 0 Å². The molecule has 3 heterocycles. The van der Waals surface area contributed by atoms with E-state index in [1.165, 1.54) is 32.1 Å². The molecule has 0 radical (unpaired) electrons. The summed E-state index contributed by atoms with van der Waals surface area (Å²) in [4.78, 5) is 16.4. The first-order valence-corrected chi connectivity index (χ1v) is 10.5. The third-order valence-corrected chi connectivity index (χ3v) is 5.54. The predicted octanol–water partition coefficient (Wildman–Crippen LogP) is 5.71. The van der Waals surface area contributed by atoms with Gasteiger partial charge in [0.05, 0.1) is 0 Å². The number of benzene rings is 1. The Morgan fingerprint density at radius 1 is 1.10 bits per heavy atom. The van der Waals surface area contributed by atoms with Crippen LogP contribution in [0.25, 0.3) is 22.6 Å². The summed E-state index contributed by atoms with van der Waals surface area (Å²) >= 11 is 0. The van der Waals surface area contributed by atoms with Crippen LogP contribution in [-0.4, -0.2) is 26.5 Å². The molecular formula is C23H25N5O2. The Kier molecular flexibility index (Phi) is 5.09. The number of pyridine rings is 1. The molecular weight excluding hydrogens is 378 g/mol.